The largest absolute Gasteiger partial charge is 0.372 e. The van der Waals surface area contributed by atoms with Crippen molar-refractivity contribution >= 4 is 28.6 Å². The lowest BCUT2D eigenvalue weighted by atomic mass is 10.2. The third-order valence-electron chi connectivity index (χ3n) is 2.71. The summed E-state index contributed by atoms with van der Waals surface area (Å²) in [4.78, 5) is 13.1. The summed E-state index contributed by atoms with van der Waals surface area (Å²) in [5.41, 5.74) is 2.44. The Hall–Kier alpha value is -1.22. The summed E-state index contributed by atoms with van der Waals surface area (Å²) in [6.07, 6.45) is 4.08. The smallest absolute Gasteiger partial charge is 0.186 e. The number of carbonyl (C=O) groups excluding carboxylic acids is 1. The van der Waals surface area contributed by atoms with Crippen molar-refractivity contribution in [2.24, 2.45) is 0 Å². The second-order valence-electron chi connectivity index (χ2n) is 3.97. The second kappa shape index (κ2) is 7.98. The first kappa shape index (κ1) is 14.8. The zero-order valence-electron chi connectivity index (χ0n) is 11.3. The van der Waals surface area contributed by atoms with Crippen LogP contribution in [0.2, 0.25) is 0 Å². The molecule has 0 bridgehead atoms. The summed E-state index contributed by atoms with van der Waals surface area (Å²) in [5.74, 6) is 0.743. The minimum Gasteiger partial charge on any atom is -0.372 e. The van der Waals surface area contributed by atoms with Gasteiger partial charge in [-0.3, -0.25) is 4.79 Å². The summed E-state index contributed by atoms with van der Waals surface area (Å²) in [6.45, 7) is 7.98. The standard InChI is InChI=1S/C15H21NOS/c1-4-16(5-2)15-10-8-14(9-11-15)7-6-12-18-13(3)17/h6-11H,4-5,12H2,1-3H3. The van der Waals surface area contributed by atoms with Gasteiger partial charge in [-0.25, -0.2) is 0 Å². The van der Waals surface area contributed by atoms with E-state index in [9.17, 15) is 4.79 Å². The molecule has 0 atom stereocenters. The van der Waals surface area contributed by atoms with Crippen LogP contribution in [0.4, 0.5) is 5.69 Å². The monoisotopic (exact) mass is 263 g/mol. The van der Waals surface area contributed by atoms with Crippen molar-refractivity contribution in [1.82, 2.24) is 0 Å². The predicted molar refractivity (Wildman–Crippen MR) is 82.2 cm³/mol. The van der Waals surface area contributed by atoms with E-state index in [-0.39, 0.29) is 5.12 Å². The topological polar surface area (TPSA) is 20.3 Å². The molecule has 2 nitrogen and oxygen atoms in total. The third kappa shape index (κ3) is 4.96. The minimum absolute atomic E-state index is 0.163. The Bertz CT molecular complexity index is 393. The van der Waals surface area contributed by atoms with Crippen LogP contribution in [-0.4, -0.2) is 24.0 Å². The summed E-state index contributed by atoms with van der Waals surface area (Å²) in [5, 5.41) is 0.163. The van der Waals surface area contributed by atoms with Gasteiger partial charge in [-0.1, -0.05) is 36.0 Å². The molecule has 0 unspecified atom stereocenters. The van der Waals surface area contributed by atoms with Gasteiger partial charge in [0, 0.05) is 31.5 Å². The lowest BCUT2D eigenvalue weighted by Crippen LogP contribution is -2.21. The molecule has 3 heteroatoms. The van der Waals surface area contributed by atoms with Crippen LogP contribution in [0.15, 0.2) is 30.3 Å². The van der Waals surface area contributed by atoms with E-state index < -0.39 is 0 Å². The number of hydrogen-bond donors (Lipinski definition) is 0. The first-order chi connectivity index (χ1) is 8.67. The molecule has 98 valence electrons. The van der Waals surface area contributed by atoms with Crippen molar-refractivity contribution in [3.8, 4) is 0 Å². The van der Waals surface area contributed by atoms with E-state index >= 15 is 0 Å². The summed E-state index contributed by atoms with van der Waals surface area (Å²) < 4.78 is 0. The molecule has 0 aliphatic heterocycles. The van der Waals surface area contributed by atoms with Crippen molar-refractivity contribution < 1.29 is 4.79 Å². The lowest BCUT2D eigenvalue weighted by molar-refractivity contribution is -0.109. The molecule has 0 saturated heterocycles. The van der Waals surface area contributed by atoms with Crippen LogP contribution in [0.3, 0.4) is 0 Å². The van der Waals surface area contributed by atoms with E-state index in [0.717, 1.165) is 18.8 Å². The number of carbonyl (C=O) groups is 1. The number of anilines is 1. The van der Waals surface area contributed by atoms with Crippen LogP contribution in [0.25, 0.3) is 6.08 Å². The van der Waals surface area contributed by atoms with E-state index in [1.54, 1.807) is 6.92 Å². The zero-order chi connectivity index (χ0) is 13.4. The molecule has 0 heterocycles. The second-order valence-corrected chi connectivity index (χ2v) is 5.17. The van der Waals surface area contributed by atoms with Gasteiger partial charge in [0.2, 0.25) is 0 Å². The fourth-order valence-corrected chi connectivity index (χ4v) is 2.16. The van der Waals surface area contributed by atoms with Crippen LogP contribution in [0.5, 0.6) is 0 Å². The Kier molecular flexibility index (Phi) is 6.58. The molecule has 0 aromatic heterocycles. The normalized spacial score (nSPS) is 10.8. The maximum Gasteiger partial charge on any atom is 0.186 e. The highest BCUT2D eigenvalue weighted by atomic mass is 32.2. The maximum atomic E-state index is 10.8. The molecule has 18 heavy (non-hydrogen) atoms. The van der Waals surface area contributed by atoms with Crippen LogP contribution in [0, 0.1) is 0 Å². The van der Waals surface area contributed by atoms with E-state index in [4.69, 9.17) is 0 Å². The van der Waals surface area contributed by atoms with Crippen LogP contribution in [-0.2, 0) is 4.79 Å². The first-order valence-electron chi connectivity index (χ1n) is 6.32. The molecule has 0 fully saturated rings. The van der Waals surface area contributed by atoms with E-state index in [1.165, 1.54) is 23.0 Å². The van der Waals surface area contributed by atoms with E-state index in [2.05, 4.69) is 49.1 Å². The van der Waals surface area contributed by atoms with E-state index in [1.807, 2.05) is 6.08 Å². The highest BCUT2D eigenvalue weighted by molar-refractivity contribution is 8.13. The van der Waals surface area contributed by atoms with Crippen LogP contribution in [0.1, 0.15) is 26.3 Å². The molecule has 0 aliphatic carbocycles. The fourth-order valence-electron chi connectivity index (χ4n) is 1.73. The summed E-state index contributed by atoms with van der Waals surface area (Å²) >= 11 is 1.33. The molecule has 1 aromatic carbocycles. The molecule has 0 saturated carbocycles. The number of rotatable bonds is 6. The van der Waals surface area contributed by atoms with Gasteiger partial charge in [0.25, 0.3) is 0 Å². The number of hydrogen-bond acceptors (Lipinski definition) is 3. The highest BCUT2D eigenvalue weighted by Gasteiger charge is 1.99. The van der Waals surface area contributed by atoms with Gasteiger partial charge in [-0.15, -0.1) is 0 Å². The van der Waals surface area contributed by atoms with Gasteiger partial charge in [-0.05, 0) is 31.5 Å². The number of benzene rings is 1. The van der Waals surface area contributed by atoms with E-state index in [0.29, 0.717) is 0 Å². The molecule has 1 aromatic rings. The zero-order valence-corrected chi connectivity index (χ0v) is 12.2. The molecule has 0 aliphatic rings. The van der Waals surface area contributed by atoms with Gasteiger partial charge in [-0.2, -0.15) is 0 Å². The summed E-state index contributed by atoms with van der Waals surface area (Å²) in [7, 11) is 0. The SMILES string of the molecule is CCN(CC)c1ccc(C=CCSC(C)=O)cc1. The Morgan fingerprint density at radius 3 is 2.33 bits per heavy atom. The number of nitrogens with zero attached hydrogens (tertiary/aromatic N) is 1. The predicted octanol–water partition coefficient (Wildman–Crippen LogP) is 3.83. The third-order valence-corrected chi connectivity index (χ3v) is 3.48. The van der Waals surface area contributed by atoms with Gasteiger partial charge in [0.1, 0.15) is 0 Å². The Morgan fingerprint density at radius 2 is 1.83 bits per heavy atom. The maximum absolute atomic E-state index is 10.8. The first-order valence-corrected chi connectivity index (χ1v) is 7.30. The van der Waals surface area contributed by atoms with Crippen molar-refractivity contribution in [3.05, 3.63) is 35.9 Å². The fraction of sp³-hybridized carbons (Fsp3) is 0.400. The van der Waals surface area contributed by atoms with Crippen LogP contribution < -0.4 is 4.90 Å². The Labute approximate surface area is 114 Å². The van der Waals surface area contributed by atoms with Crippen molar-refractivity contribution in [3.63, 3.8) is 0 Å². The Balaban J connectivity index is 2.57. The van der Waals surface area contributed by atoms with Crippen molar-refractivity contribution in [1.29, 1.82) is 0 Å². The van der Waals surface area contributed by atoms with Gasteiger partial charge in [0.15, 0.2) is 5.12 Å². The lowest BCUT2D eigenvalue weighted by Gasteiger charge is -2.20. The average molecular weight is 263 g/mol. The average Bonchev–Trinajstić information content (AvgIpc) is 2.37. The molecule has 1 rings (SSSR count). The Morgan fingerprint density at radius 1 is 1.22 bits per heavy atom. The molecule has 0 N–H and O–H groups in total. The molecular weight excluding hydrogens is 242 g/mol. The molecular formula is C15H21NOS. The summed E-state index contributed by atoms with van der Waals surface area (Å²) in [6, 6.07) is 8.51. The van der Waals surface area contributed by atoms with Gasteiger partial charge < -0.3 is 4.90 Å². The van der Waals surface area contributed by atoms with Crippen LogP contribution >= 0.6 is 11.8 Å². The highest BCUT2D eigenvalue weighted by Crippen LogP contribution is 2.15. The quantitative estimate of drug-likeness (QED) is 0.778. The van der Waals surface area contributed by atoms with Crippen molar-refractivity contribution in [2.75, 3.05) is 23.7 Å². The van der Waals surface area contributed by atoms with Gasteiger partial charge >= 0.3 is 0 Å². The molecule has 0 spiro atoms. The van der Waals surface area contributed by atoms with Gasteiger partial charge in [0.05, 0.1) is 0 Å². The van der Waals surface area contributed by atoms with Crippen molar-refractivity contribution in [2.45, 2.75) is 20.8 Å². The minimum atomic E-state index is 0.163. The number of thioether (sulfide) groups is 1. The molecule has 0 radical (unpaired) electrons. The molecule has 0 amide bonds.